The largest absolute Gasteiger partial charge is 0.383 e. The van der Waals surface area contributed by atoms with E-state index in [9.17, 15) is 4.79 Å². The smallest absolute Gasteiger partial charge is 0.256 e. The standard InChI is InChI=1S/C18H20N6O/c1-3-4-9-18(22-23-18)10-11-20-17(25)14-12-21-24(16(14)19)15-8-6-5-7-13(15)2/h1,5-8,12H,4,9-11,19H2,2H3,(H,20,25). The molecular formula is C18H20N6O. The van der Waals surface area contributed by atoms with Gasteiger partial charge in [-0.25, -0.2) is 4.68 Å². The second-order valence-electron chi connectivity index (χ2n) is 6.03. The van der Waals surface area contributed by atoms with Gasteiger partial charge in [0.15, 0.2) is 5.66 Å². The van der Waals surface area contributed by atoms with Crippen LogP contribution in [0.4, 0.5) is 5.82 Å². The number of nitrogens with two attached hydrogens (primary N) is 1. The predicted molar refractivity (Wildman–Crippen MR) is 95.3 cm³/mol. The van der Waals surface area contributed by atoms with E-state index >= 15 is 0 Å². The van der Waals surface area contributed by atoms with Crippen molar-refractivity contribution in [2.75, 3.05) is 12.3 Å². The molecule has 2 aromatic rings. The maximum Gasteiger partial charge on any atom is 0.256 e. The van der Waals surface area contributed by atoms with Gasteiger partial charge in [0.1, 0.15) is 11.4 Å². The quantitative estimate of drug-likeness (QED) is 0.760. The molecule has 0 atom stereocenters. The van der Waals surface area contributed by atoms with Gasteiger partial charge < -0.3 is 11.1 Å². The number of carbonyl (C=O) groups is 1. The number of amides is 1. The van der Waals surface area contributed by atoms with E-state index in [0.717, 1.165) is 11.3 Å². The molecule has 0 bridgehead atoms. The van der Waals surface area contributed by atoms with E-state index in [2.05, 4.69) is 26.6 Å². The Morgan fingerprint density at radius 3 is 2.80 bits per heavy atom. The number of nitrogens with one attached hydrogen (secondary N) is 1. The van der Waals surface area contributed by atoms with Crippen molar-refractivity contribution in [2.45, 2.75) is 31.8 Å². The number of carbonyl (C=O) groups excluding carboxylic acids is 1. The zero-order valence-corrected chi connectivity index (χ0v) is 14.1. The second kappa shape index (κ2) is 6.77. The molecule has 2 heterocycles. The van der Waals surface area contributed by atoms with Crippen molar-refractivity contribution in [2.24, 2.45) is 10.2 Å². The third kappa shape index (κ3) is 3.53. The maximum atomic E-state index is 12.4. The number of nitrogens with zero attached hydrogens (tertiary/aromatic N) is 4. The fourth-order valence-electron chi connectivity index (χ4n) is 2.67. The Balaban J connectivity index is 1.62. The Hall–Kier alpha value is -3.14. The van der Waals surface area contributed by atoms with Crippen molar-refractivity contribution >= 4 is 11.7 Å². The van der Waals surface area contributed by atoms with Crippen molar-refractivity contribution < 1.29 is 4.79 Å². The molecule has 0 fully saturated rings. The van der Waals surface area contributed by atoms with Gasteiger partial charge in [0.05, 0.1) is 11.9 Å². The maximum absolute atomic E-state index is 12.4. The molecule has 25 heavy (non-hydrogen) atoms. The van der Waals surface area contributed by atoms with Crippen molar-refractivity contribution in [3.05, 3.63) is 41.6 Å². The van der Waals surface area contributed by atoms with Crippen LogP contribution in [0.3, 0.4) is 0 Å². The van der Waals surface area contributed by atoms with Crippen molar-refractivity contribution in [3.8, 4) is 18.0 Å². The van der Waals surface area contributed by atoms with E-state index in [1.54, 1.807) is 4.68 Å². The van der Waals surface area contributed by atoms with Crippen molar-refractivity contribution in [1.82, 2.24) is 15.1 Å². The zero-order chi connectivity index (χ0) is 17.9. The van der Waals surface area contributed by atoms with Crippen LogP contribution in [0.15, 0.2) is 40.7 Å². The van der Waals surface area contributed by atoms with Crippen LogP contribution in [0.25, 0.3) is 5.69 Å². The molecular weight excluding hydrogens is 316 g/mol. The molecule has 1 amide bonds. The number of benzene rings is 1. The topological polar surface area (TPSA) is 97.7 Å². The Morgan fingerprint density at radius 1 is 1.36 bits per heavy atom. The highest BCUT2D eigenvalue weighted by Crippen LogP contribution is 2.36. The van der Waals surface area contributed by atoms with E-state index in [4.69, 9.17) is 12.2 Å². The van der Waals surface area contributed by atoms with Gasteiger partial charge in [0.2, 0.25) is 0 Å². The van der Waals surface area contributed by atoms with Crippen molar-refractivity contribution in [3.63, 3.8) is 0 Å². The Bertz CT molecular complexity index is 855. The van der Waals surface area contributed by atoms with Crippen LogP contribution in [0.2, 0.25) is 0 Å². The number of aryl methyl sites for hydroxylation is 1. The number of nitrogen functional groups attached to an aromatic ring is 1. The lowest BCUT2D eigenvalue weighted by Gasteiger charge is -2.10. The molecule has 0 aliphatic carbocycles. The summed E-state index contributed by atoms with van der Waals surface area (Å²) in [5, 5.41) is 15.2. The van der Waals surface area contributed by atoms with Crippen LogP contribution in [0.1, 0.15) is 35.2 Å². The monoisotopic (exact) mass is 336 g/mol. The molecule has 128 valence electrons. The van der Waals surface area contributed by atoms with Crippen LogP contribution < -0.4 is 11.1 Å². The van der Waals surface area contributed by atoms with Crippen LogP contribution in [-0.2, 0) is 0 Å². The Kier molecular flexibility index (Phi) is 4.52. The summed E-state index contributed by atoms with van der Waals surface area (Å²) in [5.74, 6) is 2.64. The minimum atomic E-state index is -0.406. The highest BCUT2D eigenvalue weighted by molar-refractivity contribution is 5.98. The number of aromatic nitrogens is 2. The van der Waals surface area contributed by atoms with Gasteiger partial charge in [0, 0.05) is 25.8 Å². The third-order valence-electron chi connectivity index (χ3n) is 4.26. The second-order valence-corrected chi connectivity index (χ2v) is 6.03. The first-order valence-corrected chi connectivity index (χ1v) is 8.11. The van der Waals surface area contributed by atoms with E-state index in [1.807, 2.05) is 31.2 Å². The molecule has 0 saturated heterocycles. The highest BCUT2D eigenvalue weighted by Gasteiger charge is 2.38. The lowest BCUT2D eigenvalue weighted by Crippen LogP contribution is -2.28. The molecule has 0 radical (unpaired) electrons. The molecule has 1 aromatic heterocycles. The highest BCUT2D eigenvalue weighted by atomic mass is 16.1. The SMILES string of the molecule is C#CCCC1(CCNC(=O)c2cnn(-c3ccccc3C)c2N)N=N1. The molecule has 1 aliphatic rings. The summed E-state index contributed by atoms with van der Waals surface area (Å²) in [5.41, 5.74) is 7.94. The molecule has 0 unspecified atom stereocenters. The molecule has 1 aromatic carbocycles. The summed E-state index contributed by atoms with van der Waals surface area (Å²) in [7, 11) is 0. The Labute approximate surface area is 146 Å². The van der Waals surface area contributed by atoms with Gasteiger partial charge >= 0.3 is 0 Å². The third-order valence-corrected chi connectivity index (χ3v) is 4.26. The minimum Gasteiger partial charge on any atom is -0.383 e. The van der Waals surface area contributed by atoms with Crippen molar-refractivity contribution in [1.29, 1.82) is 0 Å². The van der Waals surface area contributed by atoms with Crippen LogP contribution in [-0.4, -0.2) is 27.9 Å². The predicted octanol–water partition coefficient (Wildman–Crippen LogP) is 2.46. The summed E-state index contributed by atoms with van der Waals surface area (Å²) >= 11 is 0. The van der Waals surface area contributed by atoms with Crippen LogP contribution >= 0.6 is 0 Å². The molecule has 0 saturated carbocycles. The first-order valence-electron chi connectivity index (χ1n) is 8.11. The molecule has 1 aliphatic heterocycles. The summed E-state index contributed by atoms with van der Waals surface area (Å²) < 4.78 is 1.57. The fourth-order valence-corrected chi connectivity index (χ4v) is 2.67. The van der Waals surface area contributed by atoms with Gasteiger partial charge in [0.25, 0.3) is 5.91 Å². The van der Waals surface area contributed by atoms with Gasteiger partial charge in [-0.05, 0) is 18.6 Å². The number of terminal acetylenes is 1. The zero-order valence-electron chi connectivity index (χ0n) is 14.1. The fraction of sp³-hybridized carbons (Fsp3) is 0.333. The molecule has 0 spiro atoms. The lowest BCUT2D eigenvalue weighted by molar-refractivity contribution is 0.0953. The number of hydrogen-bond acceptors (Lipinski definition) is 5. The summed E-state index contributed by atoms with van der Waals surface area (Å²) in [6.45, 7) is 2.42. The lowest BCUT2D eigenvalue weighted by atomic mass is 10.0. The number of para-hydroxylation sites is 1. The molecule has 7 nitrogen and oxygen atoms in total. The van der Waals surface area contributed by atoms with E-state index in [0.29, 0.717) is 37.2 Å². The molecule has 7 heteroatoms. The van der Waals surface area contributed by atoms with E-state index < -0.39 is 5.66 Å². The average Bonchev–Trinajstić information content (AvgIpc) is 3.27. The van der Waals surface area contributed by atoms with E-state index in [1.165, 1.54) is 6.20 Å². The van der Waals surface area contributed by atoms with Gasteiger partial charge in [-0.2, -0.15) is 15.3 Å². The number of anilines is 1. The average molecular weight is 336 g/mol. The van der Waals surface area contributed by atoms with Gasteiger partial charge in [-0.3, -0.25) is 4.79 Å². The number of hydrogen-bond donors (Lipinski definition) is 2. The van der Waals surface area contributed by atoms with Crippen LogP contribution in [0.5, 0.6) is 0 Å². The summed E-state index contributed by atoms with van der Waals surface area (Å²) in [6, 6.07) is 7.72. The normalized spacial score (nSPS) is 14.1. The number of rotatable bonds is 7. The summed E-state index contributed by atoms with van der Waals surface area (Å²) in [4.78, 5) is 12.4. The first kappa shape index (κ1) is 16.7. The minimum absolute atomic E-state index is 0.259. The van der Waals surface area contributed by atoms with E-state index in [-0.39, 0.29) is 5.91 Å². The molecule has 3 rings (SSSR count). The first-order chi connectivity index (χ1) is 12.1. The molecule has 3 N–H and O–H groups in total. The van der Waals surface area contributed by atoms with Gasteiger partial charge in [-0.1, -0.05) is 18.2 Å². The van der Waals surface area contributed by atoms with Gasteiger partial charge in [-0.15, -0.1) is 12.3 Å². The Morgan fingerprint density at radius 2 is 2.12 bits per heavy atom. The summed E-state index contributed by atoms with van der Waals surface area (Å²) in [6.07, 6.45) is 8.72. The van der Waals surface area contributed by atoms with Crippen LogP contribution in [0, 0.1) is 19.3 Å².